The molecule has 11 heavy (non-hydrogen) atoms. The Morgan fingerprint density at radius 3 is 2.73 bits per heavy atom. The van der Waals surface area contributed by atoms with E-state index in [9.17, 15) is 4.79 Å². The van der Waals surface area contributed by atoms with Gasteiger partial charge in [-0.15, -0.1) is 0 Å². The first-order valence-corrected chi connectivity index (χ1v) is 4.89. The van der Waals surface area contributed by atoms with Gasteiger partial charge in [0.25, 0.3) is 0 Å². The zero-order valence-corrected chi connectivity index (χ0v) is 6.75. The highest BCUT2D eigenvalue weighted by Gasteiger charge is 2.52. The molecule has 0 saturated heterocycles. The first kappa shape index (κ1) is 6.22. The first-order chi connectivity index (χ1) is 5.36. The minimum Gasteiger partial charge on any atom is -0.299 e. The molecule has 2 bridgehead atoms. The Labute approximate surface area is 67.2 Å². The number of hydrogen-bond acceptors (Lipinski definition) is 1. The molecule has 0 radical (unpaired) electrons. The maximum atomic E-state index is 11.4. The van der Waals surface area contributed by atoms with Gasteiger partial charge in [-0.2, -0.15) is 0 Å². The average molecular weight is 150 g/mol. The Morgan fingerprint density at radius 1 is 1.09 bits per heavy atom. The Bertz CT molecular complexity index is 209. The van der Waals surface area contributed by atoms with E-state index < -0.39 is 0 Å². The Balaban J connectivity index is 1.97. The molecular formula is C10H14O. The van der Waals surface area contributed by atoms with Crippen molar-refractivity contribution in [1.29, 1.82) is 0 Å². The van der Waals surface area contributed by atoms with Crippen LogP contribution in [0.4, 0.5) is 0 Å². The van der Waals surface area contributed by atoms with Crippen LogP contribution in [-0.2, 0) is 4.79 Å². The predicted molar refractivity (Wildman–Crippen MR) is 42.1 cm³/mol. The summed E-state index contributed by atoms with van der Waals surface area (Å²) in [6.07, 6.45) is 6.31. The minimum atomic E-state index is 0.536. The number of fused-ring (bicyclic) bond motifs is 5. The molecule has 0 heterocycles. The van der Waals surface area contributed by atoms with Crippen LogP contribution in [0.3, 0.4) is 0 Å². The second kappa shape index (κ2) is 1.88. The fourth-order valence-electron chi connectivity index (χ4n) is 3.80. The molecule has 1 heteroatoms. The second-order valence-electron chi connectivity index (χ2n) is 4.53. The molecule has 0 aromatic rings. The zero-order chi connectivity index (χ0) is 7.42. The van der Waals surface area contributed by atoms with E-state index in [0.29, 0.717) is 11.7 Å². The molecule has 60 valence electrons. The monoisotopic (exact) mass is 150 g/mol. The number of carbonyl (C=O) groups is 1. The quantitative estimate of drug-likeness (QED) is 0.516. The Morgan fingerprint density at radius 2 is 1.91 bits per heavy atom. The maximum Gasteiger partial charge on any atom is 0.136 e. The standard InChI is InChI=1S/C10H14O/c11-9-4-3-8-6-1-2-7(5-6)10(8)9/h6-8,10H,1-5H2/t6-,7+,8?,10?/m1/s1. The smallest absolute Gasteiger partial charge is 0.136 e. The predicted octanol–water partition coefficient (Wildman–Crippen LogP) is 2.01. The molecule has 1 nitrogen and oxygen atoms in total. The number of hydrogen-bond donors (Lipinski definition) is 0. The largest absolute Gasteiger partial charge is 0.299 e. The summed E-state index contributed by atoms with van der Waals surface area (Å²) in [6.45, 7) is 0. The molecule has 3 aliphatic carbocycles. The molecule has 0 aromatic carbocycles. The van der Waals surface area contributed by atoms with Gasteiger partial charge in [-0.25, -0.2) is 0 Å². The van der Waals surface area contributed by atoms with Crippen molar-refractivity contribution in [2.75, 3.05) is 0 Å². The fourth-order valence-corrected chi connectivity index (χ4v) is 3.80. The molecule has 0 spiro atoms. The van der Waals surface area contributed by atoms with E-state index in [0.717, 1.165) is 24.2 Å². The van der Waals surface area contributed by atoms with Crippen LogP contribution in [0.15, 0.2) is 0 Å². The summed E-state index contributed by atoms with van der Waals surface area (Å²) >= 11 is 0. The molecule has 0 N–H and O–H groups in total. The van der Waals surface area contributed by atoms with Gasteiger partial charge in [-0.3, -0.25) is 4.79 Å². The summed E-state index contributed by atoms with van der Waals surface area (Å²) in [7, 11) is 0. The number of rotatable bonds is 0. The molecule has 3 saturated carbocycles. The summed E-state index contributed by atoms with van der Waals surface area (Å²) in [5.41, 5.74) is 0. The lowest BCUT2D eigenvalue weighted by atomic mass is 9.81. The van der Waals surface area contributed by atoms with Crippen molar-refractivity contribution in [2.24, 2.45) is 23.7 Å². The van der Waals surface area contributed by atoms with Crippen LogP contribution in [-0.4, -0.2) is 5.78 Å². The van der Waals surface area contributed by atoms with Gasteiger partial charge in [-0.1, -0.05) is 0 Å². The molecule has 3 fully saturated rings. The van der Waals surface area contributed by atoms with Crippen LogP contribution in [0.1, 0.15) is 32.1 Å². The van der Waals surface area contributed by atoms with E-state index in [2.05, 4.69) is 0 Å². The van der Waals surface area contributed by atoms with Crippen molar-refractivity contribution in [3.8, 4) is 0 Å². The van der Waals surface area contributed by atoms with Gasteiger partial charge in [0.15, 0.2) is 0 Å². The third-order valence-electron chi connectivity index (χ3n) is 4.18. The van der Waals surface area contributed by atoms with Gasteiger partial charge in [0, 0.05) is 12.3 Å². The summed E-state index contributed by atoms with van der Waals surface area (Å²) in [5.74, 6) is 3.74. The topological polar surface area (TPSA) is 17.1 Å². The number of ketones is 1. The summed E-state index contributed by atoms with van der Waals surface area (Å²) in [6, 6.07) is 0. The average Bonchev–Trinajstić information content (AvgIpc) is 2.60. The first-order valence-electron chi connectivity index (χ1n) is 4.89. The molecule has 0 aliphatic heterocycles. The minimum absolute atomic E-state index is 0.536. The maximum absolute atomic E-state index is 11.4. The zero-order valence-electron chi connectivity index (χ0n) is 6.75. The lowest BCUT2D eigenvalue weighted by Crippen LogP contribution is -2.21. The van der Waals surface area contributed by atoms with Crippen LogP contribution in [0.2, 0.25) is 0 Å². The van der Waals surface area contributed by atoms with Crippen LogP contribution in [0, 0.1) is 23.7 Å². The van der Waals surface area contributed by atoms with E-state index in [1.807, 2.05) is 0 Å². The van der Waals surface area contributed by atoms with Crippen LogP contribution in [0.5, 0.6) is 0 Å². The van der Waals surface area contributed by atoms with Gasteiger partial charge >= 0.3 is 0 Å². The lowest BCUT2D eigenvalue weighted by molar-refractivity contribution is -0.122. The highest BCUT2D eigenvalue weighted by molar-refractivity contribution is 5.84. The van der Waals surface area contributed by atoms with Crippen LogP contribution < -0.4 is 0 Å². The number of Topliss-reactive ketones (excluding diaryl/α,β-unsaturated/α-hetero) is 1. The normalized spacial score (nSPS) is 53.6. The van der Waals surface area contributed by atoms with Crippen molar-refractivity contribution in [1.82, 2.24) is 0 Å². The lowest BCUT2D eigenvalue weighted by Gasteiger charge is -2.22. The SMILES string of the molecule is O=C1CCC2C1[C@H]1CC[C@@H]2C1. The van der Waals surface area contributed by atoms with Crippen molar-refractivity contribution in [3.63, 3.8) is 0 Å². The second-order valence-corrected chi connectivity index (χ2v) is 4.53. The molecule has 2 unspecified atom stereocenters. The van der Waals surface area contributed by atoms with Gasteiger partial charge in [0.2, 0.25) is 0 Å². The fraction of sp³-hybridized carbons (Fsp3) is 0.900. The molecule has 0 aromatic heterocycles. The van der Waals surface area contributed by atoms with Crippen molar-refractivity contribution >= 4 is 5.78 Å². The molecule has 0 amide bonds. The third kappa shape index (κ3) is 0.646. The van der Waals surface area contributed by atoms with Gasteiger partial charge in [-0.05, 0) is 43.4 Å². The van der Waals surface area contributed by atoms with E-state index in [4.69, 9.17) is 0 Å². The third-order valence-corrected chi connectivity index (χ3v) is 4.18. The van der Waals surface area contributed by atoms with Gasteiger partial charge < -0.3 is 0 Å². The van der Waals surface area contributed by atoms with Crippen molar-refractivity contribution in [3.05, 3.63) is 0 Å². The molecular weight excluding hydrogens is 136 g/mol. The summed E-state index contributed by atoms with van der Waals surface area (Å²) in [4.78, 5) is 11.4. The summed E-state index contributed by atoms with van der Waals surface area (Å²) < 4.78 is 0. The van der Waals surface area contributed by atoms with E-state index in [1.54, 1.807) is 0 Å². The van der Waals surface area contributed by atoms with E-state index in [1.165, 1.54) is 25.7 Å². The molecule has 3 rings (SSSR count). The Hall–Kier alpha value is -0.330. The van der Waals surface area contributed by atoms with Crippen LogP contribution >= 0.6 is 0 Å². The van der Waals surface area contributed by atoms with Crippen molar-refractivity contribution < 1.29 is 4.79 Å². The number of carbonyl (C=O) groups excluding carboxylic acids is 1. The van der Waals surface area contributed by atoms with Crippen molar-refractivity contribution in [2.45, 2.75) is 32.1 Å². The van der Waals surface area contributed by atoms with Gasteiger partial charge in [0.05, 0.1) is 0 Å². The molecule has 4 atom stereocenters. The summed E-state index contributed by atoms with van der Waals surface area (Å²) in [5, 5.41) is 0. The van der Waals surface area contributed by atoms with E-state index in [-0.39, 0.29) is 0 Å². The van der Waals surface area contributed by atoms with Gasteiger partial charge in [0.1, 0.15) is 5.78 Å². The van der Waals surface area contributed by atoms with E-state index >= 15 is 0 Å². The highest BCUT2D eigenvalue weighted by Crippen LogP contribution is 2.57. The highest BCUT2D eigenvalue weighted by atomic mass is 16.1. The molecule has 3 aliphatic rings. The Kier molecular flexibility index (Phi) is 1.06. The van der Waals surface area contributed by atoms with Crippen LogP contribution in [0.25, 0.3) is 0 Å².